The molecule has 1 aromatic rings. The van der Waals surface area contributed by atoms with Gasteiger partial charge in [-0.1, -0.05) is 12.1 Å². The van der Waals surface area contributed by atoms with Crippen LogP contribution in [0.1, 0.15) is 15.9 Å². The molecule has 1 aliphatic heterocycles. The summed E-state index contributed by atoms with van der Waals surface area (Å²) in [5.41, 5.74) is 7.64. The van der Waals surface area contributed by atoms with Gasteiger partial charge in [-0.3, -0.25) is 4.79 Å². The smallest absolute Gasteiger partial charge is 0.251 e. The first-order chi connectivity index (χ1) is 9.70. The third kappa shape index (κ3) is 3.90. The van der Waals surface area contributed by atoms with Gasteiger partial charge in [0.1, 0.15) is 0 Å². The zero-order valence-electron chi connectivity index (χ0n) is 11.6. The largest absolute Gasteiger partial charge is 0.370 e. The van der Waals surface area contributed by atoms with Crippen LogP contribution in [0.15, 0.2) is 29.3 Å². The summed E-state index contributed by atoms with van der Waals surface area (Å²) in [6, 6.07) is 7.46. The van der Waals surface area contributed by atoms with Gasteiger partial charge in [-0.2, -0.15) is 11.8 Å². The highest BCUT2D eigenvalue weighted by Gasteiger charge is 2.12. The summed E-state index contributed by atoms with van der Waals surface area (Å²) in [6.07, 6.45) is 0. The molecule has 5 nitrogen and oxygen atoms in total. The molecule has 20 heavy (non-hydrogen) atoms. The second-order valence-electron chi connectivity index (χ2n) is 4.55. The molecular weight excluding hydrogens is 272 g/mol. The van der Waals surface area contributed by atoms with E-state index < -0.39 is 0 Å². The summed E-state index contributed by atoms with van der Waals surface area (Å²) in [5.74, 6) is 2.71. The van der Waals surface area contributed by atoms with Gasteiger partial charge < -0.3 is 16.0 Å². The number of thioether (sulfide) groups is 1. The van der Waals surface area contributed by atoms with Crippen molar-refractivity contribution in [2.45, 2.75) is 6.54 Å². The fourth-order valence-electron chi connectivity index (χ4n) is 2.02. The van der Waals surface area contributed by atoms with E-state index in [4.69, 9.17) is 5.73 Å². The summed E-state index contributed by atoms with van der Waals surface area (Å²) in [5, 5.41) is 2.62. The lowest BCUT2D eigenvalue weighted by molar-refractivity contribution is 0.0963. The monoisotopic (exact) mass is 292 g/mol. The predicted octanol–water partition coefficient (Wildman–Crippen LogP) is 0.910. The first-order valence-corrected chi connectivity index (χ1v) is 7.80. The highest BCUT2D eigenvalue weighted by Crippen LogP contribution is 2.10. The van der Waals surface area contributed by atoms with E-state index in [0.717, 1.165) is 30.2 Å². The van der Waals surface area contributed by atoms with Crippen molar-refractivity contribution in [3.05, 3.63) is 35.4 Å². The van der Waals surface area contributed by atoms with Gasteiger partial charge in [-0.05, 0) is 17.7 Å². The quantitative estimate of drug-likeness (QED) is 0.642. The van der Waals surface area contributed by atoms with Crippen LogP contribution in [0.25, 0.3) is 0 Å². The van der Waals surface area contributed by atoms with E-state index in [1.165, 1.54) is 0 Å². The van der Waals surface area contributed by atoms with Crippen LogP contribution >= 0.6 is 11.8 Å². The molecule has 1 aromatic carbocycles. The normalized spacial score (nSPS) is 16.1. The Balaban J connectivity index is 2.00. The lowest BCUT2D eigenvalue weighted by atomic mass is 10.1. The van der Waals surface area contributed by atoms with Gasteiger partial charge in [0, 0.05) is 37.2 Å². The Morgan fingerprint density at radius 2 is 2.20 bits per heavy atom. The second-order valence-corrected chi connectivity index (χ2v) is 5.78. The van der Waals surface area contributed by atoms with Gasteiger partial charge in [-0.25, -0.2) is 4.99 Å². The number of nitrogens with two attached hydrogens (primary N) is 1. The number of hydrogen-bond donors (Lipinski definition) is 2. The fourth-order valence-corrected chi connectivity index (χ4v) is 2.92. The summed E-state index contributed by atoms with van der Waals surface area (Å²) < 4.78 is 0. The minimum atomic E-state index is -0.0862. The number of rotatable bonds is 3. The highest BCUT2D eigenvalue weighted by molar-refractivity contribution is 7.99. The van der Waals surface area contributed by atoms with E-state index in [1.54, 1.807) is 13.1 Å². The van der Waals surface area contributed by atoms with Crippen molar-refractivity contribution in [3.63, 3.8) is 0 Å². The number of aliphatic imine (C=N–C) groups is 1. The van der Waals surface area contributed by atoms with Crippen LogP contribution in [-0.2, 0) is 6.54 Å². The van der Waals surface area contributed by atoms with Crippen molar-refractivity contribution >= 4 is 23.6 Å². The molecule has 0 spiro atoms. The van der Waals surface area contributed by atoms with Crippen LogP contribution in [0, 0.1) is 0 Å². The van der Waals surface area contributed by atoms with E-state index in [-0.39, 0.29) is 5.91 Å². The lowest BCUT2D eigenvalue weighted by Crippen LogP contribution is -2.42. The number of nitrogens with one attached hydrogen (secondary N) is 1. The van der Waals surface area contributed by atoms with Crippen LogP contribution in [0.4, 0.5) is 0 Å². The topological polar surface area (TPSA) is 70.7 Å². The fraction of sp³-hybridized carbons (Fsp3) is 0.429. The number of nitrogens with zero attached hydrogens (tertiary/aromatic N) is 2. The van der Waals surface area contributed by atoms with Gasteiger partial charge in [0.05, 0.1) is 6.54 Å². The molecule has 1 aliphatic rings. The Hall–Kier alpha value is -1.69. The third-order valence-electron chi connectivity index (χ3n) is 3.17. The van der Waals surface area contributed by atoms with Gasteiger partial charge in [-0.15, -0.1) is 0 Å². The third-order valence-corrected chi connectivity index (χ3v) is 4.12. The average molecular weight is 292 g/mol. The second kappa shape index (κ2) is 7.19. The summed E-state index contributed by atoms with van der Waals surface area (Å²) in [4.78, 5) is 18.1. The molecule has 0 bridgehead atoms. The van der Waals surface area contributed by atoms with Gasteiger partial charge in [0.2, 0.25) is 0 Å². The number of benzene rings is 1. The SMILES string of the molecule is CNC(=O)c1cccc(CN=C(N)N2CCSCC2)c1. The number of carbonyl (C=O) groups is 1. The van der Waals surface area contributed by atoms with Crippen molar-refractivity contribution in [1.82, 2.24) is 10.2 Å². The molecule has 0 aliphatic carbocycles. The van der Waals surface area contributed by atoms with E-state index in [1.807, 2.05) is 30.0 Å². The van der Waals surface area contributed by atoms with E-state index in [9.17, 15) is 4.79 Å². The van der Waals surface area contributed by atoms with E-state index >= 15 is 0 Å². The number of amides is 1. The Kier molecular flexibility index (Phi) is 5.29. The van der Waals surface area contributed by atoms with Crippen molar-refractivity contribution in [2.75, 3.05) is 31.6 Å². The molecule has 0 saturated carbocycles. The van der Waals surface area contributed by atoms with Crippen molar-refractivity contribution in [2.24, 2.45) is 10.7 Å². The molecule has 3 N–H and O–H groups in total. The molecule has 108 valence electrons. The highest BCUT2D eigenvalue weighted by atomic mass is 32.2. The molecular formula is C14H20N4OS. The maximum absolute atomic E-state index is 11.6. The van der Waals surface area contributed by atoms with Gasteiger partial charge in [0.25, 0.3) is 5.91 Å². The Morgan fingerprint density at radius 1 is 1.45 bits per heavy atom. The molecule has 0 unspecified atom stereocenters. The summed E-state index contributed by atoms with van der Waals surface area (Å²) >= 11 is 1.94. The predicted molar refractivity (Wildman–Crippen MR) is 84.1 cm³/mol. The molecule has 1 heterocycles. The first-order valence-electron chi connectivity index (χ1n) is 6.64. The molecule has 0 atom stereocenters. The Labute approximate surface area is 123 Å². The minimum absolute atomic E-state index is 0.0862. The van der Waals surface area contributed by atoms with Crippen LogP contribution in [0.5, 0.6) is 0 Å². The minimum Gasteiger partial charge on any atom is -0.370 e. The van der Waals surface area contributed by atoms with Crippen molar-refractivity contribution in [1.29, 1.82) is 0 Å². The number of carbonyl (C=O) groups excluding carboxylic acids is 1. The van der Waals surface area contributed by atoms with Crippen molar-refractivity contribution in [3.8, 4) is 0 Å². The first kappa shape index (κ1) is 14.7. The summed E-state index contributed by atoms with van der Waals surface area (Å²) in [7, 11) is 1.62. The lowest BCUT2D eigenvalue weighted by Gasteiger charge is -2.27. The zero-order chi connectivity index (χ0) is 14.4. The van der Waals surface area contributed by atoms with Gasteiger partial charge in [0.15, 0.2) is 5.96 Å². The Bertz CT molecular complexity index is 498. The van der Waals surface area contributed by atoms with Crippen LogP contribution in [0.3, 0.4) is 0 Å². The molecule has 6 heteroatoms. The molecule has 1 saturated heterocycles. The van der Waals surface area contributed by atoms with Crippen LogP contribution in [-0.4, -0.2) is 48.4 Å². The summed E-state index contributed by atoms with van der Waals surface area (Å²) in [6.45, 7) is 2.41. The van der Waals surface area contributed by atoms with Crippen molar-refractivity contribution < 1.29 is 4.79 Å². The maximum atomic E-state index is 11.6. The van der Waals surface area contributed by atoms with E-state index in [2.05, 4.69) is 15.2 Å². The van der Waals surface area contributed by atoms with E-state index in [0.29, 0.717) is 18.1 Å². The maximum Gasteiger partial charge on any atom is 0.251 e. The van der Waals surface area contributed by atoms with Crippen LogP contribution in [0.2, 0.25) is 0 Å². The van der Waals surface area contributed by atoms with Gasteiger partial charge >= 0.3 is 0 Å². The number of guanidine groups is 1. The molecule has 1 fully saturated rings. The molecule has 1 amide bonds. The number of hydrogen-bond acceptors (Lipinski definition) is 3. The zero-order valence-corrected chi connectivity index (χ0v) is 12.4. The molecule has 0 radical (unpaired) electrons. The molecule has 0 aromatic heterocycles. The average Bonchev–Trinajstić information content (AvgIpc) is 2.53. The standard InChI is InChI=1S/C14H20N4OS/c1-16-13(19)12-4-2-3-11(9-12)10-17-14(15)18-5-7-20-8-6-18/h2-4,9H,5-8,10H2,1H3,(H2,15,17)(H,16,19). The molecule has 2 rings (SSSR count). The van der Waals surface area contributed by atoms with Crippen LogP contribution < -0.4 is 11.1 Å². The Morgan fingerprint density at radius 3 is 2.90 bits per heavy atom.